The standard InChI is InChI=1S/C21H32N4O2.2ClH/c1-27-21(26)17-2-6-18(7-3-17)24-14-15-10-12-25(13-11-15)19-8-4-16(5-9-19)20(22)23;;/h4-5,8-9,15,17-18,24H,2-3,6-7,10-14H2,1H3,(H3,22,23);2*1H/t17-,18-;;. The first-order valence-corrected chi connectivity index (χ1v) is 10.1. The molecule has 0 spiro atoms. The molecule has 3 rings (SSSR count). The van der Waals surface area contributed by atoms with Gasteiger partial charge in [0.2, 0.25) is 0 Å². The van der Waals surface area contributed by atoms with Crippen LogP contribution in [0.4, 0.5) is 5.69 Å². The zero-order valence-corrected chi connectivity index (χ0v) is 18.7. The van der Waals surface area contributed by atoms with Crippen LogP contribution in [0.15, 0.2) is 24.3 Å². The third kappa shape index (κ3) is 7.05. The summed E-state index contributed by atoms with van der Waals surface area (Å²) in [5.41, 5.74) is 7.52. The fourth-order valence-electron chi connectivity index (χ4n) is 4.28. The number of halogens is 2. The smallest absolute Gasteiger partial charge is 0.308 e. The molecule has 0 amide bonds. The molecule has 0 radical (unpaired) electrons. The number of hydrogen-bond donors (Lipinski definition) is 3. The number of carbonyl (C=O) groups excluding carboxylic acids is 1. The molecule has 1 saturated carbocycles. The Morgan fingerprint density at radius 2 is 1.69 bits per heavy atom. The van der Waals surface area contributed by atoms with Crippen molar-refractivity contribution in [3.8, 4) is 0 Å². The van der Waals surface area contributed by atoms with Gasteiger partial charge in [0.15, 0.2) is 0 Å². The number of rotatable bonds is 6. The monoisotopic (exact) mass is 444 g/mol. The maximum absolute atomic E-state index is 11.6. The van der Waals surface area contributed by atoms with Gasteiger partial charge >= 0.3 is 5.97 Å². The number of piperidine rings is 1. The fraction of sp³-hybridized carbons (Fsp3) is 0.619. The molecule has 4 N–H and O–H groups in total. The molecule has 1 aliphatic carbocycles. The maximum Gasteiger partial charge on any atom is 0.308 e. The molecule has 1 aromatic rings. The first-order valence-electron chi connectivity index (χ1n) is 10.1. The van der Waals surface area contributed by atoms with Gasteiger partial charge in [-0.1, -0.05) is 0 Å². The van der Waals surface area contributed by atoms with Gasteiger partial charge in [-0.05, 0) is 75.3 Å². The van der Waals surface area contributed by atoms with Gasteiger partial charge in [-0.3, -0.25) is 10.2 Å². The second-order valence-electron chi connectivity index (χ2n) is 7.87. The number of nitrogens with zero attached hydrogens (tertiary/aromatic N) is 1. The minimum absolute atomic E-state index is 0. The molecule has 1 aromatic carbocycles. The quantitative estimate of drug-likeness (QED) is 0.355. The molecule has 6 nitrogen and oxygen atoms in total. The largest absolute Gasteiger partial charge is 0.469 e. The van der Waals surface area contributed by atoms with Crippen LogP contribution in [0.2, 0.25) is 0 Å². The lowest BCUT2D eigenvalue weighted by Crippen LogP contribution is -2.41. The van der Waals surface area contributed by atoms with E-state index in [1.807, 2.05) is 12.1 Å². The van der Waals surface area contributed by atoms with Crippen molar-refractivity contribution in [1.29, 1.82) is 5.41 Å². The van der Waals surface area contributed by atoms with E-state index in [0.717, 1.165) is 56.8 Å². The predicted molar refractivity (Wildman–Crippen MR) is 123 cm³/mol. The highest BCUT2D eigenvalue weighted by Crippen LogP contribution is 2.27. The number of anilines is 1. The van der Waals surface area contributed by atoms with E-state index in [2.05, 4.69) is 22.3 Å². The SMILES string of the molecule is COC(=O)[C@H]1CC[C@H](NCC2CCN(c3ccc(C(=N)N)cc3)CC2)CC1.Cl.Cl. The first-order chi connectivity index (χ1) is 13.1. The lowest BCUT2D eigenvalue weighted by atomic mass is 9.85. The number of amidine groups is 1. The topological polar surface area (TPSA) is 91.4 Å². The molecule has 164 valence electrons. The van der Waals surface area contributed by atoms with Crippen LogP contribution in [0.25, 0.3) is 0 Å². The van der Waals surface area contributed by atoms with Crippen molar-refractivity contribution in [2.24, 2.45) is 17.6 Å². The summed E-state index contributed by atoms with van der Waals surface area (Å²) in [5.74, 6) is 0.894. The van der Waals surface area contributed by atoms with Gasteiger partial charge in [0.25, 0.3) is 0 Å². The number of benzene rings is 1. The third-order valence-corrected chi connectivity index (χ3v) is 6.11. The number of nitrogens with one attached hydrogen (secondary N) is 2. The van der Waals surface area contributed by atoms with Crippen molar-refractivity contribution < 1.29 is 9.53 Å². The normalized spacial score (nSPS) is 22.2. The number of methoxy groups -OCH3 is 1. The number of ether oxygens (including phenoxy) is 1. The number of esters is 1. The van der Waals surface area contributed by atoms with Gasteiger partial charge in [0.05, 0.1) is 13.0 Å². The fourth-order valence-corrected chi connectivity index (χ4v) is 4.28. The van der Waals surface area contributed by atoms with Crippen molar-refractivity contribution in [2.45, 2.75) is 44.6 Å². The summed E-state index contributed by atoms with van der Waals surface area (Å²) in [6, 6.07) is 8.53. The van der Waals surface area contributed by atoms with E-state index >= 15 is 0 Å². The molecule has 0 atom stereocenters. The van der Waals surface area contributed by atoms with E-state index < -0.39 is 0 Å². The second-order valence-corrected chi connectivity index (χ2v) is 7.87. The minimum Gasteiger partial charge on any atom is -0.469 e. The molecule has 0 bridgehead atoms. The Morgan fingerprint density at radius 1 is 1.10 bits per heavy atom. The molecule has 0 aromatic heterocycles. The molecule has 2 aliphatic rings. The van der Waals surface area contributed by atoms with Crippen LogP contribution in [0.1, 0.15) is 44.1 Å². The summed E-state index contributed by atoms with van der Waals surface area (Å²) in [5, 5.41) is 11.2. The highest BCUT2D eigenvalue weighted by atomic mass is 35.5. The van der Waals surface area contributed by atoms with Gasteiger partial charge in [-0.15, -0.1) is 24.8 Å². The van der Waals surface area contributed by atoms with Crippen molar-refractivity contribution in [2.75, 3.05) is 31.6 Å². The number of hydrogen-bond acceptors (Lipinski definition) is 5. The van der Waals surface area contributed by atoms with Crippen molar-refractivity contribution in [3.05, 3.63) is 29.8 Å². The van der Waals surface area contributed by atoms with Gasteiger partial charge in [-0.2, -0.15) is 0 Å². The van der Waals surface area contributed by atoms with Crippen molar-refractivity contribution >= 4 is 42.3 Å². The maximum atomic E-state index is 11.6. The Balaban J connectivity index is 0.00000210. The summed E-state index contributed by atoms with van der Waals surface area (Å²) in [4.78, 5) is 14.0. The molecule has 2 fully saturated rings. The van der Waals surface area contributed by atoms with Crippen LogP contribution >= 0.6 is 24.8 Å². The Labute approximate surface area is 186 Å². The predicted octanol–water partition coefficient (Wildman–Crippen LogP) is 3.35. The number of nitrogen functional groups attached to an aromatic ring is 1. The van der Waals surface area contributed by atoms with Gasteiger partial charge in [0.1, 0.15) is 5.84 Å². The Morgan fingerprint density at radius 3 is 2.21 bits per heavy atom. The Bertz CT molecular complexity index is 641. The summed E-state index contributed by atoms with van der Waals surface area (Å²) in [6.45, 7) is 3.21. The molecule has 1 aliphatic heterocycles. The molecule has 8 heteroatoms. The van der Waals surface area contributed by atoms with E-state index in [-0.39, 0.29) is 42.5 Å². The van der Waals surface area contributed by atoms with Gasteiger partial charge < -0.3 is 20.7 Å². The van der Waals surface area contributed by atoms with Crippen LogP contribution in [-0.4, -0.2) is 44.6 Å². The molecule has 1 saturated heterocycles. The van der Waals surface area contributed by atoms with Crippen LogP contribution in [0.5, 0.6) is 0 Å². The average Bonchev–Trinajstić information content (AvgIpc) is 2.72. The van der Waals surface area contributed by atoms with Crippen LogP contribution in [0, 0.1) is 17.2 Å². The van der Waals surface area contributed by atoms with Gasteiger partial charge in [-0.25, -0.2) is 0 Å². The van der Waals surface area contributed by atoms with E-state index in [0.29, 0.717) is 6.04 Å². The van der Waals surface area contributed by atoms with Crippen LogP contribution in [-0.2, 0) is 9.53 Å². The lowest BCUT2D eigenvalue weighted by Gasteiger charge is -2.35. The molecular weight excluding hydrogens is 411 g/mol. The van der Waals surface area contributed by atoms with Gasteiger partial charge in [0, 0.05) is 30.4 Å². The minimum atomic E-state index is -0.0443. The second kappa shape index (κ2) is 12.3. The summed E-state index contributed by atoms with van der Waals surface area (Å²) < 4.78 is 4.86. The molecule has 0 unspecified atom stereocenters. The van der Waals surface area contributed by atoms with Crippen LogP contribution in [0.3, 0.4) is 0 Å². The number of carbonyl (C=O) groups is 1. The summed E-state index contributed by atoms with van der Waals surface area (Å²) in [7, 11) is 1.48. The van der Waals surface area contributed by atoms with Crippen molar-refractivity contribution in [3.63, 3.8) is 0 Å². The average molecular weight is 445 g/mol. The van der Waals surface area contributed by atoms with E-state index in [9.17, 15) is 4.79 Å². The Hall–Kier alpha value is -1.50. The summed E-state index contributed by atoms with van der Waals surface area (Å²) in [6.07, 6.45) is 6.41. The third-order valence-electron chi connectivity index (χ3n) is 6.11. The first kappa shape index (κ1) is 25.5. The number of nitrogens with two attached hydrogens (primary N) is 1. The van der Waals surface area contributed by atoms with Crippen LogP contribution < -0.4 is 16.0 Å². The molecular formula is C21H34Cl2N4O2. The highest BCUT2D eigenvalue weighted by Gasteiger charge is 2.27. The molecule has 29 heavy (non-hydrogen) atoms. The molecule has 1 heterocycles. The summed E-state index contributed by atoms with van der Waals surface area (Å²) >= 11 is 0. The van der Waals surface area contributed by atoms with E-state index in [4.69, 9.17) is 15.9 Å². The highest BCUT2D eigenvalue weighted by molar-refractivity contribution is 5.95. The lowest BCUT2D eigenvalue weighted by molar-refractivity contribution is -0.146. The van der Waals surface area contributed by atoms with Crippen molar-refractivity contribution in [1.82, 2.24) is 5.32 Å². The zero-order valence-electron chi connectivity index (χ0n) is 17.1. The Kier molecular flexibility index (Phi) is 10.8. The van der Waals surface area contributed by atoms with E-state index in [1.54, 1.807) is 0 Å². The van der Waals surface area contributed by atoms with E-state index in [1.165, 1.54) is 25.6 Å². The zero-order chi connectivity index (χ0) is 19.2.